The minimum Gasteiger partial charge on any atom is -0.508 e. The van der Waals surface area contributed by atoms with Gasteiger partial charge in [0.2, 0.25) is 0 Å². The number of rotatable bonds is 3. The number of nitrogens with zero attached hydrogens (tertiary/aromatic N) is 1. The predicted molar refractivity (Wildman–Crippen MR) is 106 cm³/mol. The van der Waals surface area contributed by atoms with Gasteiger partial charge in [-0.3, -0.25) is 4.90 Å². The van der Waals surface area contributed by atoms with E-state index < -0.39 is 0 Å². The highest BCUT2D eigenvalue weighted by Crippen LogP contribution is 2.56. The molecule has 1 saturated carbocycles. The van der Waals surface area contributed by atoms with E-state index in [2.05, 4.69) is 47.4 Å². The van der Waals surface area contributed by atoms with Crippen LogP contribution in [0.3, 0.4) is 0 Å². The number of hydrogen-bond donors (Lipinski definition) is 1. The minimum absolute atomic E-state index is 0.332. The maximum atomic E-state index is 10.1. The Labute approximate surface area is 156 Å². The lowest BCUT2D eigenvalue weighted by Crippen LogP contribution is -2.61. The molecule has 2 bridgehead atoms. The maximum absolute atomic E-state index is 10.1. The van der Waals surface area contributed by atoms with Crippen LogP contribution < -0.4 is 0 Å². The van der Waals surface area contributed by atoms with Crippen molar-refractivity contribution in [2.24, 2.45) is 5.92 Å². The van der Waals surface area contributed by atoms with Crippen molar-refractivity contribution in [2.75, 3.05) is 13.1 Å². The van der Waals surface area contributed by atoms with Crippen molar-refractivity contribution in [1.29, 1.82) is 0 Å². The van der Waals surface area contributed by atoms with E-state index in [1.54, 1.807) is 0 Å². The molecule has 2 aromatic carbocycles. The molecule has 0 amide bonds. The molecule has 136 valence electrons. The molecule has 3 unspecified atom stereocenters. The molecule has 2 nitrogen and oxygen atoms in total. The van der Waals surface area contributed by atoms with Crippen molar-refractivity contribution in [1.82, 2.24) is 4.90 Å². The lowest BCUT2D eigenvalue weighted by atomic mass is 9.52. The first kappa shape index (κ1) is 16.4. The Bertz CT molecular complexity index is 786. The highest BCUT2D eigenvalue weighted by molar-refractivity contribution is 5.45. The molecule has 0 radical (unpaired) electrons. The van der Waals surface area contributed by atoms with Crippen LogP contribution in [0.4, 0.5) is 0 Å². The van der Waals surface area contributed by atoms with Gasteiger partial charge in [-0.05, 0) is 73.4 Å². The Morgan fingerprint density at radius 1 is 1.04 bits per heavy atom. The Hall–Kier alpha value is -1.80. The van der Waals surface area contributed by atoms with E-state index >= 15 is 0 Å². The lowest BCUT2D eigenvalue weighted by molar-refractivity contribution is -0.0106. The lowest BCUT2D eigenvalue weighted by Gasteiger charge is -2.59. The van der Waals surface area contributed by atoms with E-state index in [-0.39, 0.29) is 0 Å². The second-order valence-corrected chi connectivity index (χ2v) is 8.64. The van der Waals surface area contributed by atoms with Crippen molar-refractivity contribution in [3.63, 3.8) is 0 Å². The van der Waals surface area contributed by atoms with E-state index in [9.17, 15) is 5.11 Å². The molecule has 2 aliphatic carbocycles. The van der Waals surface area contributed by atoms with Crippen LogP contribution in [-0.4, -0.2) is 29.1 Å². The SMILES string of the molecule is Oc1ccc2c(c1)C13CCCCC1C(C2)N(CCc1ccccc1)CC3. The van der Waals surface area contributed by atoms with Gasteiger partial charge in [0.15, 0.2) is 0 Å². The molecule has 1 saturated heterocycles. The van der Waals surface area contributed by atoms with Crippen LogP contribution in [0.2, 0.25) is 0 Å². The first-order chi connectivity index (χ1) is 12.8. The number of aromatic hydroxyl groups is 1. The molecule has 2 aromatic rings. The summed E-state index contributed by atoms with van der Waals surface area (Å²) in [5.74, 6) is 1.22. The van der Waals surface area contributed by atoms with E-state index in [1.165, 1.54) is 61.9 Å². The highest BCUT2D eigenvalue weighted by Gasteiger charge is 2.53. The fourth-order valence-corrected chi connectivity index (χ4v) is 6.27. The molecule has 1 aliphatic heterocycles. The fourth-order valence-electron chi connectivity index (χ4n) is 6.27. The second-order valence-electron chi connectivity index (χ2n) is 8.64. The van der Waals surface area contributed by atoms with Crippen LogP contribution in [0.1, 0.15) is 48.8 Å². The zero-order valence-electron chi connectivity index (χ0n) is 15.5. The van der Waals surface area contributed by atoms with Gasteiger partial charge in [-0.2, -0.15) is 0 Å². The summed E-state index contributed by atoms with van der Waals surface area (Å²) in [4.78, 5) is 2.79. The van der Waals surface area contributed by atoms with Crippen LogP contribution >= 0.6 is 0 Å². The van der Waals surface area contributed by atoms with Crippen molar-refractivity contribution in [3.05, 3.63) is 65.2 Å². The number of phenols is 1. The van der Waals surface area contributed by atoms with Gasteiger partial charge in [0.05, 0.1) is 0 Å². The summed E-state index contributed by atoms with van der Waals surface area (Å²) >= 11 is 0. The number of hydrogen-bond acceptors (Lipinski definition) is 2. The molecule has 26 heavy (non-hydrogen) atoms. The first-order valence-corrected chi connectivity index (χ1v) is 10.4. The summed E-state index contributed by atoms with van der Waals surface area (Å²) in [5, 5.41) is 10.1. The quantitative estimate of drug-likeness (QED) is 0.870. The van der Waals surface area contributed by atoms with E-state index in [4.69, 9.17) is 0 Å². The van der Waals surface area contributed by atoms with Gasteiger partial charge in [-0.15, -0.1) is 0 Å². The molecular weight excluding hydrogens is 318 g/mol. The van der Waals surface area contributed by atoms with Crippen LogP contribution in [-0.2, 0) is 18.3 Å². The zero-order valence-corrected chi connectivity index (χ0v) is 15.5. The molecule has 3 atom stereocenters. The largest absolute Gasteiger partial charge is 0.508 e. The summed E-state index contributed by atoms with van der Waals surface area (Å²) in [6.45, 7) is 2.39. The molecule has 2 heteroatoms. The average molecular weight is 348 g/mol. The van der Waals surface area contributed by atoms with E-state index in [0.29, 0.717) is 17.2 Å². The third-order valence-corrected chi connectivity index (χ3v) is 7.47. The topological polar surface area (TPSA) is 23.5 Å². The van der Waals surface area contributed by atoms with Crippen LogP contribution in [0, 0.1) is 5.92 Å². The molecule has 1 heterocycles. The molecular formula is C24H29NO. The number of piperidine rings is 1. The fraction of sp³-hybridized carbons (Fsp3) is 0.500. The summed E-state index contributed by atoms with van der Waals surface area (Å²) in [6, 6.07) is 17.8. The third kappa shape index (κ3) is 2.58. The molecule has 0 spiro atoms. The van der Waals surface area contributed by atoms with Crippen molar-refractivity contribution < 1.29 is 5.11 Å². The zero-order chi connectivity index (χ0) is 17.6. The first-order valence-electron chi connectivity index (χ1n) is 10.4. The normalized spacial score (nSPS) is 30.5. The van der Waals surface area contributed by atoms with Crippen molar-refractivity contribution in [2.45, 2.75) is 56.4 Å². The monoisotopic (exact) mass is 347 g/mol. The molecule has 5 rings (SSSR count). The third-order valence-electron chi connectivity index (χ3n) is 7.47. The summed E-state index contributed by atoms with van der Waals surface area (Å²) in [6.07, 6.45) is 8.99. The Morgan fingerprint density at radius 3 is 2.81 bits per heavy atom. The molecule has 3 aliphatic rings. The highest BCUT2D eigenvalue weighted by atomic mass is 16.3. The van der Waals surface area contributed by atoms with E-state index in [1.807, 2.05) is 6.07 Å². The van der Waals surface area contributed by atoms with Crippen LogP contribution in [0.15, 0.2) is 48.5 Å². The van der Waals surface area contributed by atoms with Gasteiger partial charge in [0.1, 0.15) is 5.75 Å². The molecule has 1 N–H and O–H groups in total. The smallest absolute Gasteiger partial charge is 0.115 e. The summed E-state index contributed by atoms with van der Waals surface area (Å²) < 4.78 is 0. The number of phenolic OH excluding ortho intramolecular Hbond substituents is 1. The Morgan fingerprint density at radius 2 is 1.92 bits per heavy atom. The Balaban J connectivity index is 1.45. The average Bonchev–Trinajstić information content (AvgIpc) is 2.69. The number of fused-ring (bicyclic) bond motifs is 1. The van der Waals surface area contributed by atoms with Crippen molar-refractivity contribution in [3.8, 4) is 5.75 Å². The van der Waals surface area contributed by atoms with Gasteiger partial charge in [0, 0.05) is 18.0 Å². The van der Waals surface area contributed by atoms with Crippen LogP contribution in [0.25, 0.3) is 0 Å². The number of benzene rings is 2. The predicted octanol–water partition coefficient (Wildman–Crippen LogP) is 4.69. The van der Waals surface area contributed by atoms with Crippen molar-refractivity contribution >= 4 is 0 Å². The second kappa shape index (κ2) is 6.42. The van der Waals surface area contributed by atoms with Gasteiger partial charge in [-0.25, -0.2) is 0 Å². The standard InChI is InChI=1S/C24H29NO/c26-20-10-9-19-16-23-21-8-4-5-12-24(21,22(19)17-20)13-15-25(23)14-11-18-6-2-1-3-7-18/h1-3,6-7,9-10,17,21,23,26H,4-5,8,11-16H2. The minimum atomic E-state index is 0.332. The Kier molecular flexibility index (Phi) is 4.04. The van der Waals surface area contributed by atoms with E-state index in [0.717, 1.165) is 18.8 Å². The molecule has 2 fully saturated rings. The van der Waals surface area contributed by atoms with Gasteiger partial charge in [0.25, 0.3) is 0 Å². The number of likely N-dealkylation sites (tertiary alicyclic amines) is 1. The van der Waals surface area contributed by atoms with Crippen LogP contribution in [0.5, 0.6) is 5.75 Å². The van der Waals surface area contributed by atoms with Gasteiger partial charge < -0.3 is 5.11 Å². The van der Waals surface area contributed by atoms with Gasteiger partial charge in [-0.1, -0.05) is 49.2 Å². The summed E-state index contributed by atoms with van der Waals surface area (Å²) in [7, 11) is 0. The molecule has 0 aromatic heterocycles. The maximum Gasteiger partial charge on any atom is 0.115 e. The summed E-state index contributed by atoms with van der Waals surface area (Å²) in [5.41, 5.74) is 4.77. The van der Waals surface area contributed by atoms with Gasteiger partial charge >= 0.3 is 0 Å².